The molecule has 0 unspecified atom stereocenters. The lowest BCUT2D eigenvalue weighted by Gasteiger charge is -2.17. The maximum Gasteiger partial charge on any atom is 0.253 e. The van der Waals surface area contributed by atoms with Crippen LogP contribution in [-0.2, 0) is 10.0 Å². The molecule has 0 spiro atoms. The number of nitrogens with one attached hydrogen (secondary N) is 1. The number of hydrazine groups is 1. The number of benzene rings is 2. The van der Waals surface area contributed by atoms with Crippen LogP contribution < -0.4 is 9.57 Å². The summed E-state index contributed by atoms with van der Waals surface area (Å²) in [4.78, 5) is 7.17. The Morgan fingerprint density at radius 2 is 1.88 bits per heavy atom. The van der Waals surface area contributed by atoms with E-state index >= 15 is 0 Å². The first-order valence-electron chi connectivity index (χ1n) is 11.0. The molecule has 4 rings (SSSR count). The molecule has 3 aromatic rings. The summed E-state index contributed by atoms with van der Waals surface area (Å²) in [6.07, 6.45) is 4.60. The van der Waals surface area contributed by atoms with E-state index in [0.717, 1.165) is 36.3 Å². The zero-order chi connectivity index (χ0) is 23.1. The van der Waals surface area contributed by atoms with E-state index in [0.29, 0.717) is 31.2 Å². The molecule has 1 N–H and O–H groups in total. The smallest absolute Gasteiger partial charge is 0.253 e. The number of nitrogens with zero attached hydrogens (tertiary/aromatic N) is 3. The number of nitriles is 1. The van der Waals surface area contributed by atoms with Gasteiger partial charge in [-0.25, -0.2) is 13.4 Å². The molecule has 1 aliphatic rings. The normalized spacial score (nSPS) is 16.4. The molecule has 0 aliphatic carbocycles. The third-order valence-corrected chi connectivity index (χ3v) is 7.06. The van der Waals surface area contributed by atoms with Crippen LogP contribution in [0.5, 0.6) is 5.75 Å². The number of ether oxygens (including phenoxy) is 1. The van der Waals surface area contributed by atoms with Gasteiger partial charge in [0.15, 0.2) is 0 Å². The average Bonchev–Trinajstić information content (AvgIpc) is 3.29. The minimum Gasteiger partial charge on any atom is -0.494 e. The van der Waals surface area contributed by atoms with Gasteiger partial charge in [0.25, 0.3) is 10.0 Å². The Balaban J connectivity index is 1.19. The first kappa shape index (κ1) is 22.9. The van der Waals surface area contributed by atoms with Crippen molar-refractivity contribution in [3.63, 3.8) is 0 Å². The third kappa shape index (κ3) is 6.17. The van der Waals surface area contributed by atoms with Crippen molar-refractivity contribution in [1.82, 2.24) is 14.8 Å². The summed E-state index contributed by atoms with van der Waals surface area (Å²) in [5, 5.41) is 10.6. The first-order chi connectivity index (χ1) is 16.0. The van der Waals surface area contributed by atoms with Gasteiger partial charge in [0.05, 0.1) is 28.8 Å². The van der Waals surface area contributed by atoms with E-state index < -0.39 is 10.0 Å². The fourth-order valence-corrected chi connectivity index (χ4v) is 5.01. The van der Waals surface area contributed by atoms with Crippen LogP contribution in [0.3, 0.4) is 0 Å². The van der Waals surface area contributed by atoms with Gasteiger partial charge in [0.2, 0.25) is 0 Å². The lowest BCUT2D eigenvalue weighted by Crippen LogP contribution is -2.40. The Hall–Kier alpha value is -3.25. The number of hydrogen-bond donors (Lipinski definition) is 1. The van der Waals surface area contributed by atoms with Crippen molar-refractivity contribution in [2.45, 2.75) is 24.2 Å². The standard InChI is InChI=1S/C25H26N4O3S/c26-18-20-6-12-24(13-7-20)33(30,31)28-29-16-14-21(19-29)4-3-17-32-23-10-8-22(9-11-23)25-5-1-2-15-27-25/h1-2,5-13,15,21,28H,3-4,14,16-17,19H2/t21-/m1/s1. The molecule has 1 atom stereocenters. The second-order valence-electron chi connectivity index (χ2n) is 8.06. The summed E-state index contributed by atoms with van der Waals surface area (Å²) in [6, 6.07) is 21.7. The zero-order valence-electron chi connectivity index (χ0n) is 18.2. The summed E-state index contributed by atoms with van der Waals surface area (Å²) in [6.45, 7) is 1.97. The molecule has 0 saturated carbocycles. The van der Waals surface area contributed by atoms with Gasteiger partial charge in [-0.05, 0) is 85.8 Å². The van der Waals surface area contributed by atoms with E-state index in [1.807, 2.05) is 48.5 Å². The van der Waals surface area contributed by atoms with Gasteiger partial charge < -0.3 is 4.74 Å². The van der Waals surface area contributed by atoms with Gasteiger partial charge in [-0.2, -0.15) is 5.26 Å². The quantitative estimate of drug-likeness (QED) is 0.483. The Morgan fingerprint density at radius 3 is 2.58 bits per heavy atom. The number of pyridine rings is 1. The number of rotatable bonds is 9. The molecule has 170 valence electrons. The van der Waals surface area contributed by atoms with E-state index in [-0.39, 0.29) is 4.90 Å². The minimum atomic E-state index is -3.64. The molecule has 1 aliphatic heterocycles. The van der Waals surface area contributed by atoms with Gasteiger partial charge >= 0.3 is 0 Å². The monoisotopic (exact) mass is 462 g/mol. The maximum atomic E-state index is 12.6. The molecule has 1 saturated heterocycles. The molecule has 2 aromatic carbocycles. The second-order valence-corrected chi connectivity index (χ2v) is 9.72. The van der Waals surface area contributed by atoms with Crippen molar-refractivity contribution in [1.29, 1.82) is 5.26 Å². The van der Waals surface area contributed by atoms with Crippen molar-refractivity contribution >= 4 is 10.0 Å². The molecule has 0 radical (unpaired) electrons. The van der Waals surface area contributed by atoms with Crippen molar-refractivity contribution in [3.05, 3.63) is 78.5 Å². The Labute approximate surface area is 194 Å². The van der Waals surface area contributed by atoms with Crippen LogP contribution in [-0.4, -0.2) is 38.1 Å². The summed E-state index contributed by atoms with van der Waals surface area (Å²) in [5.41, 5.74) is 2.42. The highest BCUT2D eigenvalue weighted by Crippen LogP contribution is 2.23. The second kappa shape index (κ2) is 10.6. The SMILES string of the molecule is N#Cc1ccc(S(=O)(=O)NN2CC[C@@H](CCCOc3ccc(-c4ccccn4)cc3)C2)cc1. The predicted molar refractivity (Wildman–Crippen MR) is 126 cm³/mol. The summed E-state index contributed by atoms with van der Waals surface area (Å²) in [7, 11) is -3.64. The van der Waals surface area contributed by atoms with Crippen LogP contribution in [0.2, 0.25) is 0 Å². The molecule has 8 heteroatoms. The van der Waals surface area contributed by atoms with Crippen molar-refractivity contribution in [2.24, 2.45) is 5.92 Å². The molecule has 1 fully saturated rings. The Kier molecular flexibility index (Phi) is 7.35. The van der Waals surface area contributed by atoms with Crippen LogP contribution >= 0.6 is 0 Å². The maximum absolute atomic E-state index is 12.6. The Morgan fingerprint density at radius 1 is 1.09 bits per heavy atom. The highest BCUT2D eigenvalue weighted by Gasteiger charge is 2.26. The first-order valence-corrected chi connectivity index (χ1v) is 12.4. The van der Waals surface area contributed by atoms with Crippen LogP contribution in [0, 0.1) is 17.2 Å². The molecule has 33 heavy (non-hydrogen) atoms. The lowest BCUT2D eigenvalue weighted by molar-refractivity contribution is 0.269. The van der Waals surface area contributed by atoms with E-state index in [1.165, 1.54) is 24.3 Å². The van der Waals surface area contributed by atoms with Gasteiger partial charge in [-0.1, -0.05) is 6.07 Å². The zero-order valence-corrected chi connectivity index (χ0v) is 19.0. The van der Waals surface area contributed by atoms with Crippen LogP contribution in [0.1, 0.15) is 24.8 Å². The fourth-order valence-electron chi connectivity index (χ4n) is 3.90. The number of hydrogen-bond acceptors (Lipinski definition) is 6. The van der Waals surface area contributed by atoms with Gasteiger partial charge in [-0.3, -0.25) is 4.98 Å². The Bertz CT molecular complexity index is 1190. The molecular weight excluding hydrogens is 436 g/mol. The highest BCUT2D eigenvalue weighted by molar-refractivity contribution is 7.89. The molecule has 0 amide bonds. The topological polar surface area (TPSA) is 95.3 Å². The van der Waals surface area contributed by atoms with Crippen molar-refractivity contribution in [2.75, 3.05) is 19.7 Å². The van der Waals surface area contributed by atoms with Crippen LogP contribution in [0.15, 0.2) is 77.8 Å². The van der Waals surface area contributed by atoms with E-state index in [9.17, 15) is 8.42 Å². The molecule has 2 heterocycles. The average molecular weight is 463 g/mol. The van der Waals surface area contributed by atoms with E-state index in [4.69, 9.17) is 10.00 Å². The molecular formula is C25H26N4O3S. The van der Waals surface area contributed by atoms with Crippen molar-refractivity contribution in [3.8, 4) is 23.1 Å². The van der Waals surface area contributed by atoms with Gasteiger partial charge in [-0.15, -0.1) is 4.83 Å². The van der Waals surface area contributed by atoms with Gasteiger partial charge in [0, 0.05) is 24.8 Å². The van der Waals surface area contributed by atoms with Crippen LogP contribution in [0.25, 0.3) is 11.3 Å². The lowest BCUT2D eigenvalue weighted by atomic mass is 10.0. The van der Waals surface area contributed by atoms with Crippen LogP contribution in [0.4, 0.5) is 0 Å². The molecule has 1 aromatic heterocycles. The van der Waals surface area contributed by atoms with Gasteiger partial charge in [0.1, 0.15) is 5.75 Å². The highest BCUT2D eigenvalue weighted by atomic mass is 32.2. The molecule has 0 bridgehead atoms. The summed E-state index contributed by atoms with van der Waals surface area (Å²) >= 11 is 0. The number of sulfonamides is 1. The minimum absolute atomic E-state index is 0.160. The predicted octanol–water partition coefficient (Wildman–Crippen LogP) is 3.99. The number of aromatic nitrogens is 1. The third-order valence-electron chi connectivity index (χ3n) is 5.67. The van der Waals surface area contributed by atoms with E-state index in [2.05, 4.69) is 9.82 Å². The summed E-state index contributed by atoms with van der Waals surface area (Å²) in [5.74, 6) is 1.25. The summed E-state index contributed by atoms with van der Waals surface area (Å²) < 4.78 is 31.0. The van der Waals surface area contributed by atoms with E-state index in [1.54, 1.807) is 11.2 Å². The fraction of sp³-hybridized carbons (Fsp3) is 0.280. The largest absolute Gasteiger partial charge is 0.494 e. The molecule has 7 nitrogen and oxygen atoms in total. The van der Waals surface area contributed by atoms with Crippen molar-refractivity contribution < 1.29 is 13.2 Å².